The van der Waals surface area contributed by atoms with E-state index in [4.69, 9.17) is 0 Å². The molecule has 2 nitrogen and oxygen atoms in total. The van der Waals surface area contributed by atoms with Gasteiger partial charge >= 0.3 is 5.97 Å². The number of hydrogen-bond donors (Lipinski definition) is 1. The van der Waals surface area contributed by atoms with Gasteiger partial charge in [0.25, 0.3) is 0 Å². The van der Waals surface area contributed by atoms with Crippen molar-refractivity contribution in [2.24, 2.45) is 0 Å². The second-order valence-electron chi connectivity index (χ2n) is 3.95. The zero-order valence-electron chi connectivity index (χ0n) is 9.65. The number of hydrogen-bond acceptors (Lipinski definition) is 1. The molecule has 0 spiro atoms. The molecule has 0 bridgehead atoms. The lowest BCUT2D eigenvalue weighted by atomic mass is 9.76. The fourth-order valence-corrected chi connectivity index (χ4v) is 1.87. The Morgan fingerprint density at radius 1 is 1.44 bits per heavy atom. The van der Waals surface area contributed by atoms with E-state index in [1.807, 2.05) is 30.3 Å². The standard InChI is InChI=1S/C14H18O2/c1-3-5-11-14(4-2,13(15)16)12-9-7-6-8-10-12/h4,6-10H,2-3,5,11H2,1H3,(H,15,16)/t14-/m1/s1. The zero-order chi connectivity index (χ0) is 12.0. The van der Waals surface area contributed by atoms with Crippen LogP contribution in [-0.4, -0.2) is 11.1 Å². The quantitative estimate of drug-likeness (QED) is 0.743. The Labute approximate surface area is 96.6 Å². The summed E-state index contributed by atoms with van der Waals surface area (Å²) >= 11 is 0. The molecular weight excluding hydrogens is 200 g/mol. The molecule has 16 heavy (non-hydrogen) atoms. The van der Waals surface area contributed by atoms with Gasteiger partial charge in [-0.2, -0.15) is 0 Å². The van der Waals surface area contributed by atoms with E-state index >= 15 is 0 Å². The Hall–Kier alpha value is -1.57. The summed E-state index contributed by atoms with van der Waals surface area (Å²) in [6.45, 7) is 5.76. The summed E-state index contributed by atoms with van der Waals surface area (Å²) in [4.78, 5) is 11.5. The third-order valence-electron chi connectivity index (χ3n) is 2.94. The van der Waals surface area contributed by atoms with E-state index in [0.717, 1.165) is 18.4 Å². The molecule has 1 rings (SSSR count). The Bertz CT molecular complexity index is 356. The maximum absolute atomic E-state index is 11.5. The first-order chi connectivity index (χ1) is 7.67. The van der Waals surface area contributed by atoms with Crippen molar-refractivity contribution in [3.05, 3.63) is 48.6 Å². The Balaban J connectivity index is 3.12. The van der Waals surface area contributed by atoms with Gasteiger partial charge in [0.1, 0.15) is 5.41 Å². The molecule has 1 aromatic rings. The summed E-state index contributed by atoms with van der Waals surface area (Å²) in [6, 6.07) is 9.32. The van der Waals surface area contributed by atoms with Gasteiger partial charge in [0.15, 0.2) is 0 Å². The van der Waals surface area contributed by atoms with Crippen LogP contribution in [0.4, 0.5) is 0 Å². The fourth-order valence-electron chi connectivity index (χ4n) is 1.87. The van der Waals surface area contributed by atoms with Crippen LogP contribution in [0.25, 0.3) is 0 Å². The first kappa shape index (κ1) is 12.5. The van der Waals surface area contributed by atoms with Crippen LogP contribution in [0, 0.1) is 0 Å². The van der Waals surface area contributed by atoms with Gasteiger partial charge in [-0.25, -0.2) is 0 Å². The highest BCUT2D eigenvalue weighted by molar-refractivity contribution is 5.83. The summed E-state index contributed by atoms with van der Waals surface area (Å²) in [7, 11) is 0. The lowest BCUT2D eigenvalue weighted by Crippen LogP contribution is -2.33. The van der Waals surface area contributed by atoms with Crippen LogP contribution >= 0.6 is 0 Å². The second-order valence-corrected chi connectivity index (χ2v) is 3.95. The maximum atomic E-state index is 11.5. The molecule has 0 radical (unpaired) electrons. The normalized spacial score (nSPS) is 14.1. The summed E-state index contributed by atoms with van der Waals surface area (Å²) in [6.07, 6.45) is 4.02. The largest absolute Gasteiger partial charge is 0.480 e. The molecule has 2 heteroatoms. The number of rotatable bonds is 6. The Morgan fingerprint density at radius 3 is 2.50 bits per heavy atom. The van der Waals surface area contributed by atoms with Gasteiger partial charge in [-0.3, -0.25) is 4.79 Å². The molecule has 0 aliphatic rings. The molecule has 0 saturated heterocycles. The minimum atomic E-state index is -0.933. The van der Waals surface area contributed by atoms with Crippen molar-refractivity contribution in [1.82, 2.24) is 0 Å². The number of carboxylic acid groups (broad SMARTS) is 1. The van der Waals surface area contributed by atoms with Crippen LogP contribution in [0.3, 0.4) is 0 Å². The van der Waals surface area contributed by atoms with Crippen molar-refractivity contribution >= 4 is 5.97 Å². The topological polar surface area (TPSA) is 37.3 Å². The monoisotopic (exact) mass is 218 g/mol. The minimum Gasteiger partial charge on any atom is -0.480 e. The number of carbonyl (C=O) groups is 1. The molecule has 0 saturated carbocycles. The molecule has 1 N–H and O–H groups in total. The van der Waals surface area contributed by atoms with Gasteiger partial charge in [0, 0.05) is 0 Å². The highest BCUT2D eigenvalue weighted by Crippen LogP contribution is 2.31. The van der Waals surface area contributed by atoms with Gasteiger partial charge in [-0.05, 0) is 12.0 Å². The Morgan fingerprint density at radius 2 is 2.06 bits per heavy atom. The maximum Gasteiger partial charge on any atom is 0.318 e. The van der Waals surface area contributed by atoms with E-state index in [-0.39, 0.29) is 0 Å². The van der Waals surface area contributed by atoms with Crippen LogP contribution in [-0.2, 0) is 10.2 Å². The molecule has 86 valence electrons. The average Bonchev–Trinajstić information content (AvgIpc) is 2.31. The van der Waals surface area contributed by atoms with Crippen LogP contribution in [0.15, 0.2) is 43.0 Å². The summed E-state index contributed by atoms with van der Waals surface area (Å²) in [5.74, 6) is -0.817. The molecule has 0 aromatic heterocycles. The van der Waals surface area contributed by atoms with Crippen LogP contribution in [0.1, 0.15) is 31.7 Å². The SMILES string of the molecule is C=C[C@](CCCC)(C(=O)O)c1ccccc1. The molecule has 0 unspecified atom stereocenters. The minimum absolute atomic E-state index is 0.604. The van der Waals surface area contributed by atoms with Gasteiger partial charge in [-0.1, -0.05) is 56.2 Å². The van der Waals surface area contributed by atoms with Crippen molar-refractivity contribution < 1.29 is 9.90 Å². The predicted molar refractivity (Wildman–Crippen MR) is 65.5 cm³/mol. The highest BCUT2D eigenvalue weighted by Gasteiger charge is 2.36. The highest BCUT2D eigenvalue weighted by atomic mass is 16.4. The summed E-state index contributed by atoms with van der Waals surface area (Å²) in [5.41, 5.74) is -0.122. The van der Waals surface area contributed by atoms with Crippen molar-refractivity contribution in [1.29, 1.82) is 0 Å². The van der Waals surface area contributed by atoms with E-state index in [1.54, 1.807) is 6.08 Å². The first-order valence-corrected chi connectivity index (χ1v) is 5.60. The van der Waals surface area contributed by atoms with E-state index in [1.165, 1.54) is 0 Å². The Kier molecular flexibility index (Phi) is 4.29. The molecule has 0 aliphatic carbocycles. The molecule has 1 aromatic carbocycles. The van der Waals surface area contributed by atoms with Crippen molar-refractivity contribution in [3.8, 4) is 0 Å². The predicted octanol–water partition coefficient (Wildman–Crippen LogP) is 3.39. The summed E-state index contributed by atoms with van der Waals surface area (Å²) in [5, 5.41) is 9.43. The zero-order valence-corrected chi connectivity index (χ0v) is 9.65. The molecule has 1 atom stereocenters. The van der Waals surface area contributed by atoms with E-state index < -0.39 is 11.4 Å². The smallest absolute Gasteiger partial charge is 0.318 e. The third-order valence-corrected chi connectivity index (χ3v) is 2.94. The van der Waals surface area contributed by atoms with E-state index in [9.17, 15) is 9.90 Å². The van der Waals surface area contributed by atoms with Crippen molar-refractivity contribution in [2.75, 3.05) is 0 Å². The number of benzene rings is 1. The van der Waals surface area contributed by atoms with Crippen LogP contribution in [0.2, 0.25) is 0 Å². The molecule has 0 aliphatic heterocycles. The van der Waals surface area contributed by atoms with Gasteiger partial charge < -0.3 is 5.11 Å². The van der Waals surface area contributed by atoms with Gasteiger partial charge in [0.2, 0.25) is 0 Å². The van der Waals surface area contributed by atoms with E-state index in [0.29, 0.717) is 6.42 Å². The van der Waals surface area contributed by atoms with Crippen LogP contribution < -0.4 is 0 Å². The number of aliphatic carboxylic acids is 1. The van der Waals surface area contributed by atoms with Crippen LogP contribution in [0.5, 0.6) is 0 Å². The molecule has 0 heterocycles. The number of unbranched alkanes of at least 4 members (excludes halogenated alkanes) is 1. The lowest BCUT2D eigenvalue weighted by Gasteiger charge is -2.26. The van der Waals surface area contributed by atoms with Gasteiger partial charge in [-0.15, -0.1) is 6.58 Å². The molecule has 0 fully saturated rings. The third kappa shape index (κ3) is 2.32. The first-order valence-electron chi connectivity index (χ1n) is 5.60. The summed E-state index contributed by atoms with van der Waals surface area (Å²) < 4.78 is 0. The molecular formula is C14H18O2. The van der Waals surface area contributed by atoms with Crippen molar-refractivity contribution in [3.63, 3.8) is 0 Å². The number of carboxylic acids is 1. The lowest BCUT2D eigenvalue weighted by molar-refractivity contribution is -0.142. The average molecular weight is 218 g/mol. The fraction of sp³-hybridized carbons (Fsp3) is 0.357. The molecule has 0 amide bonds. The second kappa shape index (κ2) is 5.50. The van der Waals surface area contributed by atoms with E-state index in [2.05, 4.69) is 13.5 Å². The van der Waals surface area contributed by atoms with Gasteiger partial charge in [0.05, 0.1) is 0 Å². The van der Waals surface area contributed by atoms with Crippen molar-refractivity contribution in [2.45, 2.75) is 31.6 Å².